The van der Waals surface area contributed by atoms with Crippen LogP contribution in [0.2, 0.25) is 0 Å². The van der Waals surface area contributed by atoms with E-state index in [1.165, 1.54) is 10.8 Å². The third-order valence-electron chi connectivity index (χ3n) is 5.29. The van der Waals surface area contributed by atoms with Gasteiger partial charge in [-0.1, -0.05) is 36.4 Å². The van der Waals surface area contributed by atoms with Crippen molar-refractivity contribution < 1.29 is 59.1 Å². The summed E-state index contributed by atoms with van der Waals surface area (Å²) in [5.41, 5.74) is 3.04. The largest absolute Gasteiger partial charge is 1.00 e. The minimum Gasteiger partial charge on any atom is -0.550 e. The average molecular weight is 503 g/mol. The van der Waals surface area contributed by atoms with E-state index in [-0.39, 0.29) is 36.0 Å². The summed E-state index contributed by atoms with van der Waals surface area (Å²) in [4.78, 5) is 10.7. The Bertz CT molecular complexity index is 1140. The van der Waals surface area contributed by atoms with Crippen LogP contribution in [0.15, 0.2) is 60.7 Å². The number of aliphatic hydroxyl groups excluding tert-OH is 2. The van der Waals surface area contributed by atoms with Gasteiger partial charge in [0.25, 0.3) is 0 Å². The van der Waals surface area contributed by atoms with Crippen LogP contribution in [0.5, 0.6) is 11.5 Å². The quantitative estimate of drug-likeness (QED) is 0.225. The number of carboxylic acid groups (broad SMARTS) is 1. The van der Waals surface area contributed by atoms with E-state index < -0.39 is 24.6 Å². The van der Waals surface area contributed by atoms with Crippen molar-refractivity contribution in [2.24, 2.45) is 7.05 Å². The van der Waals surface area contributed by atoms with Gasteiger partial charge in [0.2, 0.25) is 0 Å². The van der Waals surface area contributed by atoms with Crippen molar-refractivity contribution in [2.45, 2.75) is 25.0 Å². The van der Waals surface area contributed by atoms with Crippen LogP contribution in [0.1, 0.15) is 29.8 Å². The molecule has 0 spiro atoms. The minimum absolute atomic E-state index is 0. The van der Waals surface area contributed by atoms with Crippen LogP contribution in [0.3, 0.4) is 0 Å². The van der Waals surface area contributed by atoms with Crippen molar-refractivity contribution in [2.75, 3.05) is 14.2 Å². The molecule has 1 aromatic heterocycles. The monoisotopic (exact) mass is 502 g/mol. The molecule has 0 aliphatic carbocycles. The minimum atomic E-state index is -1.39. The van der Waals surface area contributed by atoms with Gasteiger partial charge in [0, 0.05) is 31.4 Å². The first-order valence-electron chi connectivity index (χ1n) is 10.8. The molecule has 0 bridgehead atoms. The first-order valence-corrected chi connectivity index (χ1v) is 10.8. The fourth-order valence-corrected chi connectivity index (χ4v) is 3.56. The molecule has 1 heterocycles. The van der Waals surface area contributed by atoms with Gasteiger partial charge in [-0.3, -0.25) is 0 Å². The van der Waals surface area contributed by atoms with Crippen LogP contribution in [-0.2, 0) is 11.8 Å². The van der Waals surface area contributed by atoms with Gasteiger partial charge in [-0.2, -0.15) is 0 Å². The Morgan fingerprint density at radius 1 is 1.03 bits per heavy atom. The summed E-state index contributed by atoms with van der Waals surface area (Å²) in [7, 11) is 4.87. The second kappa shape index (κ2) is 13.9. The smallest absolute Gasteiger partial charge is 0.550 e. The molecule has 0 aliphatic rings. The number of hydrogen-bond donors (Lipinski definition) is 2. The van der Waals surface area contributed by atoms with E-state index in [1.54, 1.807) is 27.3 Å². The average Bonchev–Trinajstić information content (AvgIpc) is 3.27. The Morgan fingerprint density at radius 2 is 1.56 bits per heavy atom. The van der Waals surface area contributed by atoms with E-state index in [4.69, 9.17) is 9.47 Å². The van der Waals surface area contributed by atoms with Gasteiger partial charge in [0.05, 0.1) is 26.4 Å². The number of tetrazole rings is 1. The van der Waals surface area contributed by atoms with Crippen molar-refractivity contribution >= 4 is 17.1 Å². The number of ether oxygens (including phenoxy) is 2. The number of methoxy groups -OCH3 is 2. The van der Waals surface area contributed by atoms with Crippen LogP contribution < -0.4 is 44.1 Å². The maximum Gasteiger partial charge on any atom is 1.00 e. The van der Waals surface area contributed by atoms with Gasteiger partial charge in [0.1, 0.15) is 11.5 Å². The van der Waals surface area contributed by atoms with Crippen molar-refractivity contribution in [1.82, 2.24) is 20.2 Å². The zero-order chi connectivity index (χ0) is 25.4. The molecule has 10 nitrogen and oxygen atoms in total. The molecule has 2 atom stereocenters. The van der Waals surface area contributed by atoms with Crippen LogP contribution in [0.25, 0.3) is 11.1 Å². The summed E-state index contributed by atoms with van der Waals surface area (Å²) in [6.45, 7) is 0. The van der Waals surface area contributed by atoms with E-state index in [1.807, 2.05) is 48.5 Å². The Labute approximate surface area is 231 Å². The van der Waals surface area contributed by atoms with Gasteiger partial charge < -0.3 is 29.6 Å². The fraction of sp³-hybridized carbons (Fsp3) is 0.280. The van der Waals surface area contributed by atoms with E-state index in [0.717, 1.165) is 16.7 Å². The normalized spacial score (nSPS) is 12.5. The molecule has 3 rings (SSSR count). The number of nitrogens with zero attached hydrogens (tertiary/aromatic N) is 4. The van der Waals surface area contributed by atoms with Crippen LogP contribution >= 0.6 is 0 Å². The number of benzene rings is 2. The molecule has 2 N–H and O–H groups in total. The molecular weight excluding hydrogens is 475 g/mol. The summed E-state index contributed by atoms with van der Waals surface area (Å²) in [5.74, 6) is 0.432. The Hall–Kier alpha value is -3.02. The number of aromatic nitrogens is 4. The van der Waals surface area contributed by atoms with Crippen molar-refractivity contribution in [3.63, 3.8) is 0 Å². The van der Waals surface area contributed by atoms with E-state index in [0.29, 0.717) is 22.9 Å². The van der Waals surface area contributed by atoms with Crippen molar-refractivity contribution in [3.8, 4) is 11.5 Å². The fourth-order valence-electron chi connectivity index (χ4n) is 3.56. The third-order valence-corrected chi connectivity index (χ3v) is 5.29. The van der Waals surface area contributed by atoms with E-state index in [2.05, 4.69) is 15.5 Å². The molecule has 3 aromatic rings. The molecular formula is C25H27N4NaO6. The van der Waals surface area contributed by atoms with Crippen molar-refractivity contribution in [3.05, 3.63) is 77.6 Å². The van der Waals surface area contributed by atoms with Gasteiger partial charge >= 0.3 is 29.6 Å². The molecule has 184 valence electrons. The number of rotatable bonds is 11. The summed E-state index contributed by atoms with van der Waals surface area (Å²) >= 11 is 0. The predicted molar refractivity (Wildman–Crippen MR) is 126 cm³/mol. The molecule has 0 fully saturated rings. The van der Waals surface area contributed by atoms with Gasteiger partial charge in [0.15, 0.2) is 5.82 Å². The molecule has 0 unspecified atom stereocenters. The second-order valence-electron chi connectivity index (χ2n) is 7.76. The number of allylic oxidation sites excluding steroid dienone is 2. The Morgan fingerprint density at radius 3 is 1.97 bits per heavy atom. The topological polar surface area (TPSA) is 143 Å². The van der Waals surface area contributed by atoms with Gasteiger partial charge in [-0.15, -0.1) is 5.10 Å². The summed E-state index contributed by atoms with van der Waals surface area (Å²) in [6.07, 6.45) is 0.0280. The standard InChI is InChI=1S/C25H28N4O6.Na/c1-29-25(26-27-28-29)22(13-8-18(30)14-19(31)15-23(32)33)24(16-4-9-20(34-2)10-5-16)17-6-11-21(35-3)12-7-17;/h4-13,18-19,30-31H,14-15H2,1-3H3,(H,32,33);/q;+1/p-1/b13-8+;/t18-,19-;/m1./s1. The van der Waals surface area contributed by atoms with Crippen LogP contribution in [0.4, 0.5) is 0 Å². The summed E-state index contributed by atoms with van der Waals surface area (Å²) in [5, 5.41) is 42.9. The molecule has 0 amide bonds. The first-order chi connectivity index (χ1) is 16.8. The van der Waals surface area contributed by atoms with Crippen LogP contribution in [-0.4, -0.2) is 62.8 Å². The van der Waals surface area contributed by atoms with Gasteiger partial charge in [-0.05, 0) is 51.4 Å². The molecule has 0 radical (unpaired) electrons. The summed E-state index contributed by atoms with van der Waals surface area (Å²) in [6, 6.07) is 14.9. The maximum absolute atomic E-state index is 10.7. The number of aliphatic hydroxyl groups is 2. The zero-order valence-corrected chi connectivity index (χ0v) is 22.7. The van der Waals surface area contributed by atoms with E-state index in [9.17, 15) is 20.1 Å². The predicted octanol–water partition coefficient (Wildman–Crippen LogP) is -2.00. The Balaban J connectivity index is 0.00000456. The maximum atomic E-state index is 10.7. The molecule has 0 saturated heterocycles. The summed E-state index contributed by atoms with van der Waals surface area (Å²) < 4.78 is 12.1. The second-order valence-corrected chi connectivity index (χ2v) is 7.76. The Kier molecular flexibility index (Phi) is 11.3. The van der Waals surface area contributed by atoms with Crippen LogP contribution in [0, 0.1) is 0 Å². The van der Waals surface area contributed by atoms with E-state index >= 15 is 0 Å². The number of aryl methyl sites for hydroxylation is 1. The first kappa shape index (κ1) is 29.2. The van der Waals surface area contributed by atoms with Crippen molar-refractivity contribution in [1.29, 1.82) is 0 Å². The molecule has 11 heteroatoms. The molecule has 36 heavy (non-hydrogen) atoms. The molecule has 0 aliphatic heterocycles. The van der Waals surface area contributed by atoms with Gasteiger partial charge in [-0.25, -0.2) is 4.68 Å². The number of carboxylic acids is 1. The zero-order valence-electron chi connectivity index (χ0n) is 20.7. The molecule has 0 saturated carbocycles. The third kappa shape index (κ3) is 7.74. The SMILES string of the molecule is COc1ccc(C(=C(/C=C/[C@@H](O)C[C@@H](O)CC(=O)[O-])c2nnnn2C)c2ccc(OC)cc2)cc1.[Na+]. The molecule has 2 aromatic carbocycles. The number of carbonyl (C=O) groups excluding carboxylic acids is 1. The number of hydrogen-bond acceptors (Lipinski definition) is 9. The number of carbonyl (C=O) groups is 1. The number of aliphatic carboxylic acids is 1.